The van der Waals surface area contributed by atoms with Crippen LogP contribution in [0, 0.1) is 0 Å². The van der Waals surface area contributed by atoms with Crippen molar-refractivity contribution in [2.45, 2.75) is 6.61 Å². The third kappa shape index (κ3) is 4.10. The van der Waals surface area contributed by atoms with Crippen LogP contribution in [-0.4, -0.2) is 9.97 Å². The maximum absolute atomic E-state index is 5.81. The Hall–Kier alpha value is -3.11. The summed E-state index contributed by atoms with van der Waals surface area (Å²) >= 11 is 0. The highest BCUT2D eigenvalue weighted by atomic mass is 35.5. The second-order valence-corrected chi connectivity index (χ2v) is 5.66. The molecule has 0 radical (unpaired) electrons. The molecule has 0 atom stereocenters. The molecule has 0 aliphatic carbocycles. The number of anilines is 2. The molecule has 0 saturated carbocycles. The minimum atomic E-state index is 0. The van der Waals surface area contributed by atoms with E-state index >= 15 is 0 Å². The van der Waals surface area contributed by atoms with Gasteiger partial charge in [0.25, 0.3) is 0 Å². The van der Waals surface area contributed by atoms with Crippen molar-refractivity contribution in [1.29, 1.82) is 0 Å². The summed E-state index contributed by atoms with van der Waals surface area (Å²) < 4.78 is 5.81. The van der Waals surface area contributed by atoms with Crippen molar-refractivity contribution in [3.63, 3.8) is 0 Å². The van der Waals surface area contributed by atoms with Gasteiger partial charge in [-0.25, -0.2) is 9.97 Å². The summed E-state index contributed by atoms with van der Waals surface area (Å²) in [5, 5.41) is 4.34. The zero-order valence-corrected chi connectivity index (χ0v) is 14.8. The highest BCUT2D eigenvalue weighted by Gasteiger charge is 2.03. The largest absolute Gasteiger partial charge is 0.489 e. The number of halogens is 1. The minimum Gasteiger partial charge on any atom is -0.489 e. The van der Waals surface area contributed by atoms with E-state index in [-0.39, 0.29) is 12.4 Å². The van der Waals surface area contributed by atoms with Crippen molar-refractivity contribution in [2.24, 2.45) is 0 Å². The van der Waals surface area contributed by atoms with Crippen LogP contribution in [0.3, 0.4) is 0 Å². The Morgan fingerprint density at radius 2 is 1.50 bits per heavy atom. The van der Waals surface area contributed by atoms with E-state index in [4.69, 9.17) is 4.74 Å². The number of para-hydroxylation sites is 1. The lowest BCUT2D eigenvalue weighted by Crippen LogP contribution is -1.97. The van der Waals surface area contributed by atoms with Crippen molar-refractivity contribution >= 4 is 34.8 Å². The van der Waals surface area contributed by atoms with Gasteiger partial charge in [-0.1, -0.05) is 42.5 Å². The van der Waals surface area contributed by atoms with E-state index < -0.39 is 0 Å². The molecule has 0 amide bonds. The second-order valence-electron chi connectivity index (χ2n) is 5.66. The first-order chi connectivity index (χ1) is 12.4. The van der Waals surface area contributed by atoms with Crippen LogP contribution in [0.15, 0.2) is 85.2 Å². The molecule has 0 saturated heterocycles. The number of hydrogen-bond acceptors (Lipinski definition) is 4. The second kappa shape index (κ2) is 8.32. The monoisotopic (exact) mass is 363 g/mol. The van der Waals surface area contributed by atoms with Gasteiger partial charge in [0, 0.05) is 11.1 Å². The van der Waals surface area contributed by atoms with Gasteiger partial charge >= 0.3 is 0 Å². The first-order valence-electron chi connectivity index (χ1n) is 8.12. The van der Waals surface area contributed by atoms with Crippen LogP contribution in [0.4, 0.5) is 11.5 Å². The molecule has 0 unspecified atom stereocenters. The van der Waals surface area contributed by atoms with Gasteiger partial charge in [-0.05, 0) is 42.0 Å². The summed E-state index contributed by atoms with van der Waals surface area (Å²) in [5.41, 5.74) is 3.02. The van der Waals surface area contributed by atoms with Crippen LogP contribution in [-0.2, 0) is 6.61 Å². The first kappa shape index (κ1) is 17.7. The molecule has 26 heavy (non-hydrogen) atoms. The van der Waals surface area contributed by atoms with Gasteiger partial charge in [0.2, 0.25) is 0 Å². The van der Waals surface area contributed by atoms with Gasteiger partial charge in [0.05, 0.1) is 5.52 Å². The zero-order valence-electron chi connectivity index (χ0n) is 14.0. The topological polar surface area (TPSA) is 47.0 Å². The number of nitrogens with one attached hydrogen (secondary N) is 1. The Kier molecular flexibility index (Phi) is 5.66. The molecule has 130 valence electrons. The molecule has 4 aromatic rings. The highest BCUT2D eigenvalue weighted by molar-refractivity contribution is 5.90. The van der Waals surface area contributed by atoms with Crippen LogP contribution in [0.25, 0.3) is 10.9 Å². The third-order valence-corrected chi connectivity index (χ3v) is 3.91. The van der Waals surface area contributed by atoms with Gasteiger partial charge in [-0.2, -0.15) is 0 Å². The fourth-order valence-electron chi connectivity index (χ4n) is 2.62. The lowest BCUT2D eigenvalue weighted by atomic mass is 10.2. The number of hydrogen-bond donors (Lipinski definition) is 1. The van der Waals surface area contributed by atoms with Crippen LogP contribution in [0.2, 0.25) is 0 Å². The SMILES string of the molecule is Cl.c1ccc(COc2ccc(Nc3ncnc4ccccc34)cc2)cc1. The van der Waals surface area contributed by atoms with Crippen LogP contribution >= 0.6 is 12.4 Å². The van der Waals surface area contributed by atoms with Crippen LogP contribution in [0.1, 0.15) is 5.56 Å². The number of benzene rings is 3. The number of aromatic nitrogens is 2. The number of fused-ring (bicyclic) bond motifs is 1. The Morgan fingerprint density at radius 1 is 0.769 bits per heavy atom. The predicted octanol–water partition coefficient (Wildman–Crippen LogP) is 5.37. The quantitative estimate of drug-likeness (QED) is 0.517. The van der Waals surface area contributed by atoms with Crippen molar-refractivity contribution in [1.82, 2.24) is 9.97 Å². The molecule has 4 rings (SSSR count). The van der Waals surface area contributed by atoms with Crippen molar-refractivity contribution in [2.75, 3.05) is 5.32 Å². The number of rotatable bonds is 5. The van der Waals surface area contributed by atoms with Crippen molar-refractivity contribution in [3.8, 4) is 5.75 Å². The van der Waals surface area contributed by atoms with E-state index in [0.29, 0.717) is 6.61 Å². The van der Waals surface area contributed by atoms with Gasteiger partial charge in [-0.15, -0.1) is 12.4 Å². The van der Waals surface area contributed by atoms with E-state index in [1.54, 1.807) is 6.33 Å². The average Bonchev–Trinajstić information content (AvgIpc) is 2.69. The zero-order chi connectivity index (χ0) is 16.9. The standard InChI is InChI=1S/C21H17N3O.ClH/c1-2-6-16(7-3-1)14-25-18-12-10-17(11-13-18)24-21-19-8-4-5-9-20(19)22-15-23-21;/h1-13,15H,14H2,(H,22,23,24);1H. The smallest absolute Gasteiger partial charge is 0.141 e. The molecular weight excluding hydrogens is 346 g/mol. The Balaban J connectivity index is 0.00000196. The molecule has 1 aromatic heterocycles. The Bertz CT molecular complexity index is 970. The fourth-order valence-corrected chi connectivity index (χ4v) is 2.62. The van der Waals surface area contributed by atoms with E-state index in [9.17, 15) is 0 Å². The Morgan fingerprint density at radius 3 is 2.31 bits per heavy atom. The van der Waals surface area contributed by atoms with Crippen molar-refractivity contribution < 1.29 is 4.74 Å². The molecule has 0 aliphatic rings. The van der Waals surface area contributed by atoms with E-state index in [0.717, 1.165) is 33.7 Å². The molecule has 1 heterocycles. The van der Waals surface area contributed by atoms with E-state index in [1.165, 1.54) is 0 Å². The molecule has 0 aliphatic heterocycles. The average molecular weight is 364 g/mol. The maximum atomic E-state index is 5.81. The maximum Gasteiger partial charge on any atom is 0.141 e. The molecule has 0 bridgehead atoms. The molecule has 0 spiro atoms. The van der Waals surface area contributed by atoms with Crippen molar-refractivity contribution in [3.05, 3.63) is 90.8 Å². The summed E-state index contributed by atoms with van der Waals surface area (Å²) in [5.74, 6) is 1.63. The van der Waals surface area contributed by atoms with Gasteiger partial charge in [0.1, 0.15) is 24.5 Å². The van der Waals surface area contributed by atoms with E-state index in [1.807, 2.05) is 66.7 Å². The fraction of sp³-hybridized carbons (Fsp3) is 0.0476. The summed E-state index contributed by atoms with van der Waals surface area (Å²) in [6.07, 6.45) is 1.57. The molecule has 5 heteroatoms. The first-order valence-corrected chi connectivity index (χ1v) is 8.12. The Labute approximate surface area is 158 Å². The number of ether oxygens (including phenoxy) is 1. The number of nitrogens with zero attached hydrogens (tertiary/aromatic N) is 2. The normalized spacial score (nSPS) is 10.2. The van der Waals surface area contributed by atoms with Gasteiger partial charge in [-0.3, -0.25) is 0 Å². The highest BCUT2D eigenvalue weighted by Crippen LogP contribution is 2.24. The third-order valence-electron chi connectivity index (χ3n) is 3.91. The summed E-state index contributed by atoms with van der Waals surface area (Å²) in [6.45, 7) is 0.560. The van der Waals surface area contributed by atoms with Gasteiger partial charge in [0.15, 0.2) is 0 Å². The molecule has 3 aromatic carbocycles. The molecule has 0 fully saturated rings. The van der Waals surface area contributed by atoms with Crippen LogP contribution in [0.5, 0.6) is 5.75 Å². The minimum absolute atomic E-state index is 0. The lowest BCUT2D eigenvalue weighted by molar-refractivity contribution is 0.306. The summed E-state index contributed by atoms with van der Waals surface area (Å²) in [7, 11) is 0. The van der Waals surface area contributed by atoms with Gasteiger partial charge < -0.3 is 10.1 Å². The summed E-state index contributed by atoms with van der Waals surface area (Å²) in [6, 6.07) is 25.9. The predicted molar refractivity (Wildman–Crippen MR) is 107 cm³/mol. The van der Waals surface area contributed by atoms with E-state index in [2.05, 4.69) is 27.4 Å². The molecular formula is C21H18ClN3O. The lowest BCUT2D eigenvalue weighted by Gasteiger charge is -2.10. The summed E-state index contributed by atoms with van der Waals surface area (Å²) in [4.78, 5) is 8.63. The van der Waals surface area contributed by atoms with Crippen LogP contribution < -0.4 is 10.1 Å². The molecule has 1 N–H and O–H groups in total. The molecule has 4 nitrogen and oxygen atoms in total.